The number of carbonyl (C=O) groups is 1. The van der Waals surface area contributed by atoms with E-state index in [0.29, 0.717) is 0 Å². The summed E-state index contributed by atoms with van der Waals surface area (Å²) in [5.41, 5.74) is 6.48. The minimum absolute atomic E-state index is 0.117. The van der Waals surface area contributed by atoms with Crippen molar-refractivity contribution in [3.8, 4) is 0 Å². The zero-order valence-electron chi connectivity index (χ0n) is 14.0. The number of hydrogen-bond donors (Lipinski definition) is 1. The van der Waals surface area contributed by atoms with Crippen LogP contribution in [-0.4, -0.2) is 17.7 Å². The Kier molecular flexibility index (Phi) is 3.75. The summed E-state index contributed by atoms with van der Waals surface area (Å²) in [6, 6.07) is 6.81. The fourth-order valence-electron chi connectivity index (χ4n) is 3.51. The van der Waals surface area contributed by atoms with E-state index in [1.807, 2.05) is 20.8 Å². The summed E-state index contributed by atoms with van der Waals surface area (Å²) in [6.07, 6.45) is 3.90. The average Bonchev–Trinajstić information content (AvgIpc) is 2.76. The molecule has 3 heteroatoms. The number of benzene rings is 1. The van der Waals surface area contributed by atoms with Crippen LogP contribution in [0.15, 0.2) is 23.8 Å². The van der Waals surface area contributed by atoms with E-state index in [-0.39, 0.29) is 12.1 Å². The van der Waals surface area contributed by atoms with Crippen LogP contribution in [0.1, 0.15) is 56.7 Å². The average molecular weight is 299 g/mol. The van der Waals surface area contributed by atoms with Gasteiger partial charge in [-0.3, -0.25) is 0 Å². The van der Waals surface area contributed by atoms with Crippen LogP contribution in [0.5, 0.6) is 0 Å². The molecule has 0 fully saturated rings. The molecule has 22 heavy (non-hydrogen) atoms. The van der Waals surface area contributed by atoms with Crippen molar-refractivity contribution in [1.29, 1.82) is 0 Å². The minimum atomic E-state index is -0.453. The molecule has 0 saturated carbocycles. The number of rotatable bonds is 1. The maximum absolute atomic E-state index is 12.1. The number of amides is 1. The summed E-state index contributed by atoms with van der Waals surface area (Å²) in [5.74, 6) is 0. The second-order valence-electron chi connectivity index (χ2n) is 7.43. The maximum Gasteiger partial charge on any atom is 0.408 e. The first-order valence-corrected chi connectivity index (χ1v) is 8.15. The first-order valence-electron chi connectivity index (χ1n) is 8.15. The molecule has 0 radical (unpaired) electrons. The first-order chi connectivity index (χ1) is 10.3. The molecule has 1 amide bonds. The van der Waals surface area contributed by atoms with Gasteiger partial charge in [-0.25, -0.2) is 4.79 Å². The van der Waals surface area contributed by atoms with Crippen LogP contribution in [-0.2, 0) is 11.2 Å². The molecule has 0 heterocycles. The molecular formula is C19H25NO2. The van der Waals surface area contributed by atoms with E-state index in [1.165, 1.54) is 27.8 Å². The van der Waals surface area contributed by atoms with Gasteiger partial charge < -0.3 is 10.1 Å². The van der Waals surface area contributed by atoms with Crippen LogP contribution in [0, 0.1) is 6.92 Å². The number of fused-ring (bicyclic) bond motifs is 2. The zero-order valence-corrected chi connectivity index (χ0v) is 14.0. The predicted molar refractivity (Wildman–Crippen MR) is 88.8 cm³/mol. The van der Waals surface area contributed by atoms with E-state index in [2.05, 4.69) is 30.4 Å². The van der Waals surface area contributed by atoms with Gasteiger partial charge in [0.05, 0.1) is 6.04 Å². The molecule has 1 aromatic rings. The van der Waals surface area contributed by atoms with Crippen LogP contribution in [0.2, 0.25) is 0 Å². The summed E-state index contributed by atoms with van der Waals surface area (Å²) >= 11 is 0. The fraction of sp³-hybridized carbons (Fsp3) is 0.526. The van der Waals surface area contributed by atoms with Gasteiger partial charge in [0.25, 0.3) is 0 Å². The molecule has 0 spiro atoms. The van der Waals surface area contributed by atoms with Gasteiger partial charge in [0.2, 0.25) is 0 Å². The molecule has 3 rings (SSSR count). The number of carbonyl (C=O) groups excluding carboxylic acids is 1. The predicted octanol–water partition coefficient (Wildman–Crippen LogP) is 4.38. The van der Waals surface area contributed by atoms with Crippen molar-refractivity contribution in [2.24, 2.45) is 0 Å². The molecular weight excluding hydrogens is 274 g/mol. The molecule has 1 atom stereocenters. The van der Waals surface area contributed by atoms with Crippen molar-refractivity contribution < 1.29 is 9.53 Å². The van der Waals surface area contributed by atoms with Crippen molar-refractivity contribution in [2.75, 3.05) is 0 Å². The Morgan fingerprint density at radius 2 is 2.09 bits per heavy atom. The molecule has 0 saturated heterocycles. The standard InChI is InChI=1S/C19H25NO2/c1-12-8-9-13-11-16-14(15(13)10-12)6-5-7-17(16)20-18(21)22-19(2,3)4/h8-10,17H,5-7,11H2,1-4H3,(H,20,21). The van der Waals surface area contributed by atoms with Crippen LogP contribution in [0.3, 0.4) is 0 Å². The Morgan fingerprint density at radius 1 is 1.32 bits per heavy atom. The third kappa shape index (κ3) is 3.03. The van der Waals surface area contributed by atoms with Crippen molar-refractivity contribution in [2.45, 2.75) is 65.0 Å². The van der Waals surface area contributed by atoms with Gasteiger partial charge in [-0.1, -0.05) is 23.8 Å². The topological polar surface area (TPSA) is 38.3 Å². The highest BCUT2D eigenvalue weighted by molar-refractivity contribution is 5.79. The largest absolute Gasteiger partial charge is 0.444 e. The van der Waals surface area contributed by atoms with Crippen molar-refractivity contribution in [3.63, 3.8) is 0 Å². The van der Waals surface area contributed by atoms with Gasteiger partial charge >= 0.3 is 6.09 Å². The lowest BCUT2D eigenvalue weighted by Gasteiger charge is -2.28. The maximum atomic E-state index is 12.1. The SMILES string of the molecule is Cc1ccc2c(c1)C1=C(C2)C(NC(=O)OC(C)(C)C)CCC1. The lowest BCUT2D eigenvalue weighted by Crippen LogP contribution is -2.41. The highest BCUT2D eigenvalue weighted by Crippen LogP contribution is 2.41. The number of allylic oxidation sites excluding steroid dienone is 1. The molecule has 2 aliphatic carbocycles. The molecule has 1 aromatic carbocycles. The van der Waals surface area contributed by atoms with Gasteiger partial charge in [-0.2, -0.15) is 0 Å². The van der Waals surface area contributed by atoms with Crippen LogP contribution in [0.4, 0.5) is 4.79 Å². The van der Waals surface area contributed by atoms with Crippen LogP contribution < -0.4 is 5.32 Å². The molecule has 0 bridgehead atoms. The Balaban J connectivity index is 1.80. The Hall–Kier alpha value is -1.77. The quantitative estimate of drug-likeness (QED) is 0.835. The van der Waals surface area contributed by atoms with Crippen molar-refractivity contribution >= 4 is 11.7 Å². The molecule has 2 aliphatic rings. The lowest BCUT2D eigenvalue weighted by molar-refractivity contribution is 0.0508. The summed E-state index contributed by atoms with van der Waals surface area (Å²) in [4.78, 5) is 12.1. The van der Waals surface area contributed by atoms with Gasteiger partial charge in [0.15, 0.2) is 0 Å². The number of nitrogens with one attached hydrogen (secondary N) is 1. The van der Waals surface area contributed by atoms with Gasteiger partial charge in [-0.15, -0.1) is 0 Å². The molecule has 0 aromatic heterocycles. The van der Waals surface area contributed by atoms with Crippen molar-refractivity contribution in [3.05, 3.63) is 40.5 Å². The third-order valence-electron chi connectivity index (χ3n) is 4.39. The molecule has 1 N–H and O–H groups in total. The van der Waals surface area contributed by atoms with Crippen LogP contribution in [0.25, 0.3) is 5.57 Å². The van der Waals surface area contributed by atoms with E-state index >= 15 is 0 Å². The first kappa shape index (κ1) is 15.1. The summed E-state index contributed by atoms with van der Waals surface area (Å²) < 4.78 is 5.41. The van der Waals surface area contributed by atoms with E-state index < -0.39 is 5.60 Å². The zero-order chi connectivity index (χ0) is 15.9. The summed E-state index contributed by atoms with van der Waals surface area (Å²) in [5, 5.41) is 3.08. The number of hydrogen-bond acceptors (Lipinski definition) is 2. The smallest absolute Gasteiger partial charge is 0.408 e. The second-order valence-corrected chi connectivity index (χ2v) is 7.43. The Morgan fingerprint density at radius 3 is 2.82 bits per heavy atom. The van der Waals surface area contributed by atoms with Crippen LogP contribution >= 0.6 is 0 Å². The summed E-state index contributed by atoms with van der Waals surface area (Å²) in [6.45, 7) is 7.82. The molecule has 1 unspecified atom stereocenters. The van der Waals surface area contributed by atoms with E-state index in [4.69, 9.17) is 4.74 Å². The highest BCUT2D eigenvalue weighted by atomic mass is 16.6. The molecule has 3 nitrogen and oxygen atoms in total. The lowest BCUT2D eigenvalue weighted by atomic mass is 9.88. The highest BCUT2D eigenvalue weighted by Gasteiger charge is 2.31. The monoisotopic (exact) mass is 299 g/mol. The second kappa shape index (κ2) is 5.45. The van der Waals surface area contributed by atoms with E-state index in [0.717, 1.165) is 25.7 Å². The Bertz CT molecular complexity index is 637. The van der Waals surface area contributed by atoms with Gasteiger partial charge in [0.1, 0.15) is 5.60 Å². The fourth-order valence-corrected chi connectivity index (χ4v) is 3.51. The van der Waals surface area contributed by atoms with E-state index in [9.17, 15) is 4.79 Å². The molecule has 0 aliphatic heterocycles. The Labute approximate surface area is 132 Å². The number of ether oxygens (including phenoxy) is 1. The van der Waals surface area contributed by atoms with Gasteiger partial charge in [-0.05, 0) is 75.7 Å². The number of alkyl carbamates (subject to hydrolysis) is 1. The number of aryl methyl sites for hydroxylation is 1. The van der Waals surface area contributed by atoms with Crippen molar-refractivity contribution in [1.82, 2.24) is 5.32 Å². The minimum Gasteiger partial charge on any atom is -0.444 e. The van der Waals surface area contributed by atoms with Gasteiger partial charge in [0, 0.05) is 0 Å². The normalized spacial score (nSPS) is 20.5. The summed E-state index contributed by atoms with van der Waals surface area (Å²) in [7, 11) is 0. The third-order valence-corrected chi connectivity index (χ3v) is 4.39. The van der Waals surface area contributed by atoms with E-state index in [1.54, 1.807) is 0 Å². The molecule has 118 valence electrons.